The molecule has 3 rings (SSSR count). The molecule has 146 valence electrons. The molecule has 3 aromatic rings. The molecular formula is C20H21N3O4S. The predicted molar refractivity (Wildman–Crippen MR) is 109 cm³/mol. The number of aromatic carboxylic acids is 1. The van der Waals surface area contributed by atoms with Gasteiger partial charge in [0.15, 0.2) is 0 Å². The summed E-state index contributed by atoms with van der Waals surface area (Å²) < 4.78 is 1.27. The van der Waals surface area contributed by atoms with Crippen LogP contribution in [0.25, 0.3) is 10.2 Å². The monoisotopic (exact) mass is 399 g/mol. The Morgan fingerprint density at radius 1 is 1.29 bits per heavy atom. The van der Waals surface area contributed by atoms with E-state index in [2.05, 4.69) is 10.3 Å². The third kappa shape index (κ3) is 3.68. The van der Waals surface area contributed by atoms with E-state index in [0.29, 0.717) is 16.3 Å². The number of aryl methyl sites for hydroxylation is 2. The molecule has 0 aliphatic rings. The van der Waals surface area contributed by atoms with Gasteiger partial charge < -0.3 is 10.4 Å². The van der Waals surface area contributed by atoms with Crippen molar-refractivity contribution in [2.24, 2.45) is 0 Å². The smallest absolute Gasteiger partial charge is 0.337 e. The van der Waals surface area contributed by atoms with Crippen LogP contribution in [-0.2, 0) is 11.3 Å². The summed E-state index contributed by atoms with van der Waals surface area (Å²) in [6.45, 7) is 7.37. The van der Waals surface area contributed by atoms with Crippen molar-refractivity contribution in [3.63, 3.8) is 0 Å². The average molecular weight is 399 g/mol. The minimum absolute atomic E-state index is 0.0428. The van der Waals surface area contributed by atoms with Gasteiger partial charge in [0.2, 0.25) is 5.91 Å². The number of thiophene rings is 1. The maximum atomic E-state index is 13.0. The number of carboxylic acid groups (broad SMARTS) is 1. The van der Waals surface area contributed by atoms with Gasteiger partial charge in [-0.1, -0.05) is 31.5 Å². The molecule has 2 heterocycles. The molecule has 0 saturated heterocycles. The van der Waals surface area contributed by atoms with Gasteiger partial charge in [-0.25, -0.2) is 9.78 Å². The van der Waals surface area contributed by atoms with Crippen LogP contribution in [0.5, 0.6) is 0 Å². The molecule has 2 aromatic heterocycles. The van der Waals surface area contributed by atoms with E-state index < -0.39 is 11.5 Å². The molecule has 1 amide bonds. The normalized spacial score (nSPS) is 11.2. The van der Waals surface area contributed by atoms with E-state index in [1.54, 1.807) is 0 Å². The van der Waals surface area contributed by atoms with Crippen molar-refractivity contribution in [1.82, 2.24) is 9.55 Å². The number of fused-ring (bicyclic) bond motifs is 1. The number of hydrogen-bond donors (Lipinski definition) is 2. The third-order valence-electron chi connectivity index (χ3n) is 4.43. The standard InChI is InChI=1S/C20H21N3O4S/c1-10(2)17-22-18-16(13(9-28-18)20(26)27)19(25)23(17)8-15(24)21-14-6-5-11(3)7-12(14)4/h5-7,9-10H,8H2,1-4H3,(H,21,24)(H,26,27). The molecule has 0 spiro atoms. The van der Waals surface area contributed by atoms with Gasteiger partial charge >= 0.3 is 5.97 Å². The second-order valence-corrected chi connectivity index (χ2v) is 7.88. The fourth-order valence-corrected chi connectivity index (χ4v) is 3.99. The van der Waals surface area contributed by atoms with E-state index in [4.69, 9.17) is 0 Å². The lowest BCUT2D eigenvalue weighted by atomic mass is 10.1. The SMILES string of the molecule is Cc1ccc(NC(=O)Cn2c(C(C)C)nc3scc(C(=O)O)c3c2=O)c(C)c1. The zero-order chi connectivity index (χ0) is 20.6. The van der Waals surface area contributed by atoms with Gasteiger partial charge in [0, 0.05) is 17.0 Å². The van der Waals surface area contributed by atoms with Crippen molar-refractivity contribution in [1.29, 1.82) is 0 Å². The van der Waals surface area contributed by atoms with E-state index in [1.165, 1.54) is 9.95 Å². The first kappa shape index (κ1) is 19.8. The number of nitrogens with one attached hydrogen (secondary N) is 1. The Morgan fingerprint density at radius 3 is 2.61 bits per heavy atom. The van der Waals surface area contributed by atoms with E-state index in [-0.39, 0.29) is 29.3 Å². The summed E-state index contributed by atoms with van der Waals surface area (Å²) in [5.41, 5.74) is 2.08. The molecule has 8 heteroatoms. The van der Waals surface area contributed by atoms with Crippen molar-refractivity contribution >= 4 is 39.1 Å². The molecule has 28 heavy (non-hydrogen) atoms. The Kier molecular flexibility index (Phi) is 5.33. The number of amides is 1. The lowest BCUT2D eigenvalue weighted by Crippen LogP contribution is -2.32. The summed E-state index contributed by atoms with van der Waals surface area (Å²) in [4.78, 5) is 41.9. The van der Waals surface area contributed by atoms with Crippen molar-refractivity contribution < 1.29 is 14.7 Å². The lowest BCUT2D eigenvalue weighted by Gasteiger charge is -2.15. The fraction of sp³-hybridized carbons (Fsp3) is 0.300. The van der Waals surface area contributed by atoms with Gasteiger partial charge in [-0.2, -0.15) is 0 Å². The van der Waals surface area contributed by atoms with Gasteiger partial charge in [0.25, 0.3) is 5.56 Å². The molecule has 0 atom stereocenters. The minimum atomic E-state index is -1.19. The number of rotatable bonds is 5. The Labute approximate surface area is 165 Å². The third-order valence-corrected chi connectivity index (χ3v) is 5.30. The fourth-order valence-electron chi connectivity index (χ4n) is 3.08. The van der Waals surface area contributed by atoms with E-state index in [9.17, 15) is 19.5 Å². The number of anilines is 1. The minimum Gasteiger partial charge on any atom is -0.478 e. The topological polar surface area (TPSA) is 101 Å². The average Bonchev–Trinajstić information content (AvgIpc) is 3.04. The van der Waals surface area contributed by atoms with Crippen LogP contribution in [0.4, 0.5) is 5.69 Å². The van der Waals surface area contributed by atoms with Gasteiger partial charge in [-0.15, -0.1) is 11.3 Å². The predicted octanol–water partition coefficient (Wildman–Crippen LogP) is 3.54. The maximum Gasteiger partial charge on any atom is 0.337 e. The number of carbonyl (C=O) groups is 2. The van der Waals surface area contributed by atoms with Gasteiger partial charge in [0.05, 0.1) is 10.9 Å². The molecular weight excluding hydrogens is 378 g/mol. The van der Waals surface area contributed by atoms with Crippen LogP contribution >= 0.6 is 11.3 Å². The molecule has 2 N–H and O–H groups in total. The van der Waals surface area contributed by atoms with Gasteiger partial charge in [-0.3, -0.25) is 14.2 Å². The van der Waals surface area contributed by atoms with Crippen molar-refractivity contribution in [2.45, 2.75) is 40.2 Å². The first-order valence-corrected chi connectivity index (χ1v) is 9.69. The van der Waals surface area contributed by atoms with Crippen LogP contribution in [0.3, 0.4) is 0 Å². The number of carbonyl (C=O) groups excluding carboxylic acids is 1. The summed E-state index contributed by atoms with van der Waals surface area (Å²) in [6, 6.07) is 5.67. The number of benzene rings is 1. The van der Waals surface area contributed by atoms with Crippen LogP contribution in [0.1, 0.15) is 47.1 Å². The first-order valence-electron chi connectivity index (χ1n) is 8.81. The second-order valence-electron chi connectivity index (χ2n) is 7.02. The summed E-state index contributed by atoms with van der Waals surface area (Å²) in [6.07, 6.45) is 0. The summed E-state index contributed by atoms with van der Waals surface area (Å²) in [5, 5.41) is 13.6. The quantitative estimate of drug-likeness (QED) is 0.683. The van der Waals surface area contributed by atoms with Crippen LogP contribution in [0.2, 0.25) is 0 Å². The Hall–Kier alpha value is -3.00. The Bertz CT molecular complexity index is 1140. The number of nitrogens with zero attached hydrogens (tertiary/aromatic N) is 2. The van der Waals surface area contributed by atoms with Crippen molar-refractivity contribution in [3.05, 3.63) is 56.4 Å². The Morgan fingerprint density at radius 2 is 2.00 bits per heavy atom. The number of hydrogen-bond acceptors (Lipinski definition) is 5. The largest absolute Gasteiger partial charge is 0.478 e. The molecule has 0 fully saturated rings. The lowest BCUT2D eigenvalue weighted by molar-refractivity contribution is -0.116. The molecule has 0 radical (unpaired) electrons. The van der Waals surface area contributed by atoms with E-state index >= 15 is 0 Å². The zero-order valence-electron chi connectivity index (χ0n) is 16.1. The highest BCUT2D eigenvalue weighted by atomic mass is 32.1. The highest BCUT2D eigenvalue weighted by Crippen LogP contribution is 2.24. The van der Waals surface area contributed by atoms with Crippen LogP contribution in [-0.4, -0.2) is 26.5 Å². The van der Waals surface area contributed by atoms with Crippen LogP contribution < -0.4 is 10.9 Å². The van der Waals surface area contributed by atoms with Gasteiger partial charge in [0.1, 0.15) is 17.2 Å². The molecule has 0 unspecified atom stereocenters. The van der Waals surface area contributed by atoms with E-state index in [1.807, 2.05) is 45.9 Å². The maximum absolute atomic E-state index is 13.0. The molecule has 0 saturated carbocycles. The summed E-state index contributed by atoms with van der Waals surface area (Å²) >= 11 is 1.12. The number of carboxylic acids is 1. The summed E-state index contributed by atoms with van der Waals surface area (Å²) in [5.74, 6) is -1.22. The molecule has 0 aliphatic heterocycles. The van der Waals surface area contributed by atoms with Crippen molar-refractivity contribution in [3.8, 4) is 0 Å². The zero-order valence-corrected chi connectivity index (χ0v) is 16.9. The van der Waals surface area contributed by atoms with Crippen LogP contribution in [0.15, 0.2) is 28.4 Å². The highest BCUT2D eigenvalue weighted by molar-refractivity contribution is 7.17. The first-order chi connectivity index (χ1) is 13.2. The van der Waals surface area contributed by atoms with E-state index in [0.717, 1.165) is 22.5 Å². The molecule has 0 bridgehead atoms. The molecule has 7 nitrogen and oxygen atoms in total. The second kappa shape index (κ2) is 7.55. The highest BCUT2D eigenvalue weighted by Gasteiger charge is 2.22. The molecule has 0 aliphatic carbocycles. The van der Waals surface area contributed by atoms with Crippen molar-refractivity contribution in [2.75, 3.05) is 5.32 Å². The molecule has 1 aromatic carbocycles. The number of aromatic nitrogens is 2. The van der Waals surface area contributed by atoms with Crippen LogP contribution in [0, 0.1) is 13.8 Å². The Balaban J connectivity index is 2.03. The van der Waals surface area contributed by atoms with Gasteiger partial charge in [-0.05, 0) is 25.5 Å². The summed E-state index contributed by atoms with van der Waals surface area (Å²) in [7, 11) is 0.